The van der Waals surface area contributed by atoms with Crippen LogP contribution >= 0.6 is 0 Å². The third-order valence-corrected chi connectivity index (χ3v) is 15.9. The Labute approximate surface area is 449 Å². The Morgan fingerprint density at radius 3 is 1.42 bits per heavy atom. The minimum absolute atomic E-state index is 0.555. The number of rotatable bonds is 7. The Kier molecular flexibility index (Phi) is 9.87. The summed E-state index contributed by atoms with van der Waals surface area (Å²) in [7, 11) is 0. The molecule has 78 heavy (non-hydrogen) atoms. The van der Waals surface area contributed by atoms with Crippen LogP contribution in [0.15, 0.2) is 273 Å². The zero-order valence-electron chi connectivity index (χ0n) is 42.2. The van der Waals surface area contributed by atoms with Gasteiger partial charge in [0.1, 0.15) is 0 Å². The van der Waals surface area contributed by atoms with Gasteiger partial charge in [0.15, 0.2) is 11.6 Å². The molecule has 0 aliphatic rings. The molecular formula is C73H45N5. The summed E-state index contributed by atoms with van der Waals surface area (Å²) in [5.74, 6) is 1.79. The minimum Gasteiger partial charge on any atom is -0.310 e. The molecule has 0 saturated carbocycles. The lowest BCUT2D eigenvalue weighted by Gasteiger charge is -2.26. The molecule has 362 valence electrons. The lowest BCUT2D eigenvalue weighted by Crippen LogP contribution is -2.09. The molecule has 0 bridgehead atoms. The molecule has 0 aliphatic carbocycles. The maximum atomic E-state index is 5.52. The van der Waals surface area contributed by atoms with Gasteiger partial charge >= 0.3 is 0 Å². The van der Waals surface area contributed by atoms with E-state index in [1.807, 2.05) is 0 Å². The van der Waals surface area contributed by atoms with Crippen molar-refractivity contribution in [2.75, 3.05) is 4.90 Å². The maximum Gasteiger partial charge on any atom is 0.238 e. The molecule has 16 aromatic rings. The van der Waals surface area contributed by atoms with Crippen LogP contribution in [-0.2, 0) is 0 Å². The third-order valence-electron chi connectivity index (χ3n) is 15.9. The Morgan fingerprint density at radius 2 is 0.756 bits per heavy atom. The number of fused-ring (bicyclic) bond motifs is 14. The molecule has 0 unspecified atom stereocenters. The van der Waals surface area contributed by atoms with E-state index in [-0.39, 0.29) is 0 Å². The average molecular weight is 992 g/mol. The van der Waals surface area contributed by atoms with Gasteiger partial charge in [-0.3, -0.25) is 4.57 Å². The van der Waals surface area contributed by atoms with Gasteiger partial charge < -0.3 is 4.90 Å². The van der Waals surface area contributed by atoms with E-state index in [0.717, 1.165) is 93.4 Å². The van der Waals surface area contributed by atoms with Crippen LogP contribution in [0.2, 0.25) is 0 Å². The molecule has 0 saturated heterocycles. The summed E-state index contributed by atoms with van der Waals surface area (Å²) in [5, 5.41) is 18.7. The molecule has 5 heteroatoms. The molecule has 0 amide bonds. The molecule has 0 aliphatic heterocycles. The highest BCUT2D eigenvalue weighted by molar-refractivity contribution is 6.31. The number of hydrogen-bond donors (Lipinski definition) is 0. The summed E-state index contributed by atoms with van der Waals surface area (Å²) in [6.07, 6.45) is 0. The van der Waals surface area contributed by atoms with Crippen molar-refractivity contribution < 1.29 is 0 Å². The summed E-state index contributed by atoms with van der Waals surface area (Å²) in [6, 6.07) is 98.6. The SMILES string of the molecule is c1ccc(N(c2ccccc2)c2ccc3c(c2)c2ccccc2c2cc4ccc5c(c4cc32)c2cc(-c3ccc4ccccc4c3)ccc2n5-c2nc(-c3cccc4ccccc34)nc(-c3cccc4ccccc34)n2)cc1. The van der Waals surface area contributed by atoms with Gasteiger partial charge in [0.05, 0.1) is 11.0 Å². The van der Waals surface area contributed by atoms with Crippen LogP contribution in [0.4, 0.5) is 17.1 Å². The smallest absolute Gasteiger partial charge is 0.238 e. The normalized spacial score (nSPS) is 11.8. The fraction of sp³-hybridized carbons (Fsp3) is 0. The van der Waals surface area contributed by atoms with Crippen LogP contribution in [0.1, 0.15) is 0 Å². The van der Waals surface area contributed by atoms with Crippen molar-refractivity contribution in [3.05, 3.63) is 273 Å². The monoisotopic (exact) mass is 991 g/mol. The van der Waals surface area contributed by atoms with Crippen molar-refractivity contribution in [3.8, 4) is 39.9 Å². The largest absolute Gasteiger partial charge is 0.310 e. The van der Waals surface area contributed by atoms with Crippen LogP contribution in [0.25, 0.3) is 137 Å². The molecule has 2 aromatic heterocycles. The number of aromatic nitrogens is 4. The molecular weight excluding hydrogens is 947 g/mol. The minimum atomic E-state index is 0.555. The van der Waals surface area contributed by atoms with Crippen LogP contribution < -0.4 is 4.90 Å². The van der Waals surface area contributed by atoms with Crippen LogP contribution in [-0.4, -0.2) is 19.5 Å². The number of anilines is 3. The summed E-state index contributed by atoms with van der Waals surface area (Å²) in [4.78, 5) is 18.8. The lowest BCUT2D eigenvalue weighted by molar-refractivity contribution is 0.955. The Hall–Kier alpha value is -10.5. The van der Waals surface area contributed by atoms with Gasteiger partial charge in [-0.05, 0) is 159 Å². The van der Waals surface area contributed by atoms with E-state index in [1.165, 1.54) is 43.1 Å². The first-order valence-electron chi connectivity index (χ1n) is 26.6. The molecule has 14 aromatic carbocycles. The standard InChI is InChI=1S/C73H45N5/c1-3-23-53(24-4-1)77(54-25-5-2-6-26-54)55-37-38-60-65(44-55)59-30-14-13-29-58(59)64-43-52-36-40-69-70(63(52)45-66(60)64)67-42-51(50-34-33-46-17-7-8-20-49(46)41-50)35-39-68(67)78(69)73-75-71(61-31-15-21-47-18-9-11-27-56(47)61)74-72(76-73)62-32-16-22-48-19-10-12-28-57(48)62/h1-45H. The van der Waals surface area contributed by atoms with Gasteiger partial charge in [0.2, 0.25) is 5.95 Å². The van der Waals surface area contributed by atoms with Gasteiger partial charge in [0.25, 0.3) is 0 Å². The van der Waals surface area contributed by atoms with Crippen molar-refractivity contribution in [1.29, 1.82) is 0 Å². The number of benzene rings is 14. The molecule has 0 N–H and O–H groups in total. The fourth-order valence-electron chi connectivity index (χ4n) is 12.3. The van der Waals surface area contributed by atoms with Gasteiger partial charge in [-0.15, -0.1) is 0 Å². The molecule has 0 atom stereocenters. The topological polar surface area (TPSA) is 46.8 Å². The molecule has 2 heterocycles. The first-order valence-corrected chi connectivity index (χ1v) is 26.6. The number of nitrogens with zero attached hydrogens (tertiary/aromatic N) is 5. The zero-order chi connectivity index (χ0) is 51.3. The Morgan fingerprint density at radius 1 is 0.256 bits per heavy atom. The predicted octanol–water partition coefficient (Wildman–Crippen LogP) is 19.5. The van der Waals surface area contributed by atoms with Crippen molar-refractivity contribution in [1.82, 2.24) is 19.5 Å². The second-order valence-electron chi connectivity index (χ2n) is 20.3. The Bertz CT molecular complexity index is 4950. The van der Waals surface area contributed by atoms with E-state index < -0.39 is 0 Å². The van der Waals surface area contributed by atoms with E-state index in [0.29, 0.717) is 17.6 Å². The van der Waals surface area contributed by atoms with Crippen molar-refractivity contribution in [2.24, 2.45) is 0 Å². The van der Waals surface area contributed by atoms with E-state index >= 15 is 0 Å². The number of para-hydroxylation sites is 2. The van der Waals surface area contributed by atoms with Crippen molar-refractivity contribution in [3.63, 3.8) is 0 Å². The molecule has 0 fully saturated rings. The van der Waals surface area contributed by atoms with Crippen LogP contribution in [0.5, 0.6) is 0 Å². The Balaban J connectivity index is 0.996. The highest BCUT2D eigenvalue weighted by Gasteiger charge is 2.23. The lowest BCUT2D eigenvalue weighted by atomic mass is 9.91. The third kappa shape index (κ3) is 6.99. The first-order chi connectivity index (χ1) is 38.7. The van der Waals surface area contributed by atoms with Gasteiger partial charge in [-0.2, -0.15) is 9.97 Å². The van der Waals surface area contributed by atoms with Gasteiger partial charge in [-0.25, -0.2) is 4.98 Å². The summed E-state index contributed by atoms with van der Waals surface area (Å²) in [5.41, 5.74) is 9.53. The van der Waals surface area contributed by atoms with Crippen LogP contribution in [0.3, 0.4) is 0 Å². The van der Waals surface area contributed by atoms with Crippen LogP contribution in [0, 0.1) is 0 Å². The van der Waals surface area contributed by atoms with Crippen molar-refractivity contribution >= 4 is 114 Å². The van der Waals surface area contributed by atoms with E-state index in [1.54, 1.807) is 0 Å². The molecule has 0 spiro atoms. The summed E-state index contributed by atoms with van der Waals surface area (Å²) in [6.45, 7) is 0. The highest BCUT2D eigenvalue weighted by atomic mass is 15.2. The zero-order valence-corrected chi connectivity index (χ0v) is 42.2. The maximum absolute atomic E-state index is 5.52. The second-order valence-corrected chi connectivity index (χ2v) is 20.3. The second kappa shape index (κ2) is 17.6. The van der Waals surface area contributed by atoms with E-state index in [4.69, 9.17) is 15.0 Å². The number of hydrogen-bond acceptors (Lipinski definition) is 4. The molecule has 0 radical (unpaired) electrons. The summed E-state index contributed by atoms with van der Waals surface area (Å²) < 4.78 is 2.27. The van der Waals surface area contributed by atoms with Crippen molar-refractivity contribution in [2.45, 2.75) is 0 Å². The van der Waals surface area contributed by atoms with E-state index in [2.05, 4.69) is 282 Å². The fourth-order valence-corrected chi connectivity index (χ4v) is 12.3. The quantitative estimate of drug-likeness (QED) is 0.118. The van der Waals surface area contributed by atoms with Gasteiger partial charge in [0, 0.05) is 39.0 Å². The molecule has 16 rings (SSSR count). The highest BCUT2D eigenvalue weighted by Crippen LogP contribution is 2.45. The van der Waals surface area contributed by atoms with Gasteiger partial charge in [-0.1, -0.05) is 200 Å². The molecule has 5 nitrogen and oxygen atoms in total. The van der Waals surface area contributed by atoms with E-state index in [9.17, 15) is 0 Å². The first kappa shape index (κ1) is 43.9. The summed E-state index contributed by atoms with van der Waals surface area (Å²) >= 11 is 0. The predicted molar refractivity (Wildman–Crippen MR) is 328 cm³/mol. The average Bonchev–Trinajstić information content (AvgIpc) is 4.08.